The number of nitrogens with one attached hydrogen (secondary N) is 1. The van der Waals surface area contributed by atoms with Crippen LogP contribution in [0.2, 0.25) is 0 Å². The van der Waals surface area contributed by atoms with E-state index >= 15 is 0 Å². The Labute approximate surface area is 170 Å². The van der Waals surface area contributed by atoms with E-state index in [-0.39, 0.29) is 36.1 Å². The molecule has 8 heteroatoms. The number of amides is 1. The Hall–Kier alpha value is -2.35. The Kier molecular flexibility index (Phi) is 5.63. The van der Waals surface area contributed by atoms with Gasteiger partial charge in [-0.1, -0.05) is 37.5 Å². The molecule has 156 valence electrons. The fraction of sp³-hybridized carbons (Fsp3) is 0.524. The first-order chi connectivity index (χ1) is 13.9. The van der Waals surface area contributed by atoms with E-state index in [4.69, 9.17) is 4.74 Å². The molecule has 0 radical (unpaired) electrons. The minimum Gasteiger partial charge on any atom is -0.451 e. The predicted molar refractivity (Wildman–Crippen MR) is 109 cm³/mol. The van der Waals surface area contributed by atoms with Crippen LogP contribution in [-0.4, -0.2) is 60.4 Å². The lowest BCUT2D eigenvalue weighted by atomic mass is 9.93. The summed E-state index contributed by atoms with van der Waals surface area (Å²) in [6.45, 7) is -0.374. The molecule has 0 spiro atoms. The number of carbonyl (C=O) groups excluding carboxylic acids is 2. The maximum atomic E-state index is 13.0. The van der Waals surface area contributed by atoms with Crippen LogP contribution in [0.1, 0.15) is 49.0 Å². The summed E-state index contributed by atoms with van der Waals surface area (Å²) >= 11 is 0. The van der Waals surface area contributed by atoms with Gasteiger partial charge in [0.15, 0.2) is 16.4 Å². The molecule has 29 heavy (non-hydrogen) atoms. The van der Waals surface area contributed by atoms with E-state index in [1.54, 1.807) is 11.0 Å². The maximum Gasteiger partial charge on any atom is 0.355 e. The van der Waals surface area contributed by atoms with Crippen LogP contribution in [0.25, 0.3) is 10.9 Å². The molecule has 2 fully saturated rings. The summed E-state index contributed by atoms with van der Waals surface area (Å²) in [5, 5.41) is 0.894. The number of para-hydroxylation sites is 1. The van der Waals surface area contributed by atoms with Gasteiger partial charge in [0.05, 0.1) is 11.5 Å². The van der Waals surface area contributed by atoms with Crippen LogP contribution < -0.4 is 0 Å². The monoisotopic (exact) mass is 418 g/mol. The van der Waals surface area contributed by atoms with Gasteiger partial charge in [-0.15, -0.1) is 0 Å². The van der Waals surface area contributed by atoms with Gasteiger partial charge in [-0.2, -0.15) is 0 Å². The Bertz CT molecular complexity index is 974. The smallest absolute Gasteiger partial charge is 0.355 e. The molecule has 2 heterocycles. The van der Waals surface area contributed by atoms with Crippen molar-refractivity contribution in [1.29, 1.82) is 0 Å². The number of aromatic nitrogens is 1. The summed E-state index contributed by atoms with van der Waals surface area (Å²) in [6.07, 6.45) is 5.40. The molecule has 1 amide bonds. The van der Waals surface area contributed by atoms with Crippen molar-refractivity contribution < 1.29 is 22.7 Å². The van der Waals surface area contributed by atoms with Crippen molar-refractivity contribution in [2.45, 2.75) is 50.6 Å². The number of esters is 1. The zero-order valence-electron chi connectivity index (χ0n) is 16.3. The number of ether oxygens (including phenoxy) is 1. The van der Waals surface area contributed by atoms with E-state index in [0.717, 1.165) is 43.0 Å². The fourth-order valence-corrected chi connectivity index (χ4v) is 6.23. The number of H-pyrrole nitrogens is 1. The third-order valence-corrected chi connectivity index (χ3v) is 7.68. The van der Waals surface area contributed by atoms with Gasteiger partial charge in [0.1, 0.15) is 5.69 Å². The van der Waals surface area contributed by atoms with E-state index in [1.807, 2.05) is 24.3 Å². The third-order valence-electron chi connectivity index (χ3n) is 5.93. The molecule has 1 aromatic heterocycles. The number of aromatic amines is 1. The number of sulfone groups is 1. The molecule has 1 atom stereocenters. The summed E-state index contributed by atoms with van der Waals surface area (Å²) in [4.78, 5) is 30.1. The zero-order chi connectivity index (χ0) is 20.4. The van der Waals surface area contributed by atoms with Crippen LogP contribution in [0.15, 0.2) is 30.3 Å². The minimum absolute atomic E-state index is 0.00516. The number of benzene rings is 1. The lowest BCUT2D eigenvalue weighted by molar-refractivity contribution is -0.140. The van der Waals surface area contributed by atoms with Crippen LogP contribution in [0, 0.1) is 0 Å². The summed E-state index contributed by atoms with van der Waals surface area (Å²) in [5.41, 5.74) is 1.12. The highest BCUT2D eigenvalue weighted by molar-refractivity contribution is 7.91. The number of hydrogen-bond donors (Lipinski definition) is 1. The highest BCUT2D eigenvalue weighted by Gasteiger charge is 2.38. The molecule has 1 aliphatic heterocycles. The SMILES string of the molecule is O=C(OCC(=O)N(C1CCCCC1)C1CCS(=O)(=O)C1)c1cc2ccccc2[nH]1. The maximum absolute atomic E-state index is 13.0. The Morgan fingerprint density at radius 1 is 1.07 bits per heavy atom. The molecule has 1 aliphatic carbocycles. The van der Waals surface area contributed by atoms with Gasteiger partial charge >= 0.3 is 5.97 Å². The van der Waals surface area contributed by atoms with Crippen LogP contribution >= 0.6 is 0 Å². The van der Waals surface area contributed by atoms with E-state index in [0.29, 0.717) is 12.1 Å². The zero-order valence-corrected chi connectivity index (χ0v) is 17.1. The average Bonchev–Trinajstić information content (AvgIpc) is 3.30. The topological polar surface area (TPSA) is 96.5 Å². The van der Waals surface area contributed by atoms with Gasteiger partial charge < -0.3 is 14.6 Å². The minimum atomic E-state index is -3.11. The Morgan fingerprint density at radius 2 is 1.83 bits per heavy atom. The van der Waals surface area contributed by atoms with Gasteiger partial charge in [0.2, 0.25) is 0 Å². The third kappa shape index (κ3) is 4.47. The van der Waals surface area contributed by atoms with Crippen molar-refractivity contribution >= 4 is 32.6 Å². The van der Waals surface area contributed by atoms with Gasteiger partial charge in [-0.3, -0.25) is 4.79 Å². The number of fused-ring (bicyclic) bond motifs is 1. The molecule has 2 aliphatic rings. The van der Waals surface area contributed by atoms with Crippen molar-refractivity contribution in [3.05, 3.63) is 36.0 Å². The molecule has 4 rings (SSSR count). The van der Waals surface area contributed by atoms with E-state index in [9.17, 15) is 18.0 Å². The lowest BCUT2D eigenvalue weighted by Crippen LogP contribution is -2.50. The van der Waals surface area contributed by atoms with Gasteiger partial charge in [0.25, 0.3) is 5.91 Å². The average molecular weight is 419 g/mol. The first kappa shape index (κ1) is 19.9. The second-order valence-electron chi connectivity index (χ2n) is 8.00. The summed E-state index contributed by atoms with van der Waals surface area (Å²) in [6, 6.07) is 8.91. The van der Waals surface area contributed by atoms with E-state index in [2.05, 4.69) is 4.98 Å². The van der Waals surface area contributed by atoms with Crippen molar-refractivity contribution in [3.63, 3.8) is 0 Å². The van der Waals surface area contributed by atoms with Crippen molar-refractivity contribution in [2.24, 2.45) is 0 Å². The largest absolute Gasteiger partial charge is 0.451 e. The van der Waals surface area contributed by atoms with Crippen molar-refractivity contribution in [2.75, 3.05) is 18.1 Å². The van der Waals surface area contributed by atoms with Crippen molar-refractivity contribution in [3.8, 4) is 0 Å². The number of rotatable bonds is 5. The molecular formula is C21H26N2O5S. The summed E-state index contributed by atoms with van der Waals surface area (Å²) in [5.74, 6) is -0.769. The van der Waals surface area contributed by atoms with E-state index < -0.39 is 15.8 Å². The van der Waals surface area contributed by atoms with Gasteiger partial charge in [0, 0.05) is 23.0 Å². The number of nitrogens with zero attached hydrogens (tertiary/aromatic N) is 1. The number of hydrogen-bond acceptors (Lipinski definition) is 5. The standard InChI is InChI=1S/C21H26N2O5S/c24-20(13-28-21(25)19-12-15-6-4-5-9-18(15)22-19)23(16-7-2-1-3-8-16)17-10-11-29(26,27)14-17/h4-6,9,12,16-17,22H,1-3,7-8,10-11,13-14H2. The molecule has 0 bridgehead atoms. The quantitative estimate of drug-likeness (QED) is 0.753. The predicted octanol–water partition coefficient (Wildman–Crippen LogP) is 2.67. The molecule has 7 nitrogen and oxygen atoms in total. The molecule has 2 aromatic rings. The van der Waals surface area contributed by atoms with Crippen LogP contribution in [0.3, 0.4) is 0 Å². The second kappa shape index (κ2) is 8.18. The highest BCUT2D eigenvalue weighted by Crippen LogP contribution is 2.28. The second-order valence-corrected chi connectivity index (χ2v) is 10.2. The Balaban J connectivity index is 1.45. The highest BCUT2D eigenvalue weighted by atomic mass is 32.2. The molecule has 1 N–H and O–H groups in total. The lowest BCUT2D eigenvalue weighted by Gasteiger charge is -2.38. The van der Waals surface area contributed by atoms with Crippen LogP contribution in [-0.2, 0) is 19.4 Å². The summed E-state index contributed by atoms with van der Waals surface area (Å²) in [7, 11) is -3.11. The van der Waals surface area contributed by atoms with Crippen LogP contribution in [0.4, 0.5) is 0 Å². The normalized spacial score (nSPS) is 21.9. The van der Waals surface area contributed by atoms with Gasteiger partial charge in [-0.05, 0) is 31.4 Å². The Morgan fingerprint density at radius 3 is 2.52 bits per heavy atom. The van der Waals surface area contributed by atoms with Crippen LogP contribution in [0.5, 0.6) is 0 Å². The fourth-order valence-electron chi connectivity index (χ4n) is 4.52. The molecule has 1 saturated carbocycles. The first-order valence-corrected chi connectivity index (χ1v) is 12.0. The van der Waals surface area contributed by atoms with Crippen molar-refractivity contribution in [1.82, 2.24) is 9.88 Å². The molecule has 1 aromatic carbocycles. The van der Waals surface area contributed by atoms with Gasteiger partial charge in [-0.25, -0.2) is 13.2 Å². The molecule has 1 saturated heterocycles. The molecule has 1 unspecified atom stereocenters. The van der Waals surface area contributed by atoms with E-state index in [1.165, 1.54) is 0 Å². The summed E-state index contributed by atoms with van der Waals surface area (Å²) < 4.78 is 29.2. The first-order valence-electron chi connectivity index (χ1n) is 10.2. The number of carbonyl (C=O) groups is 2. The molecular weight excluding hydrogens is 392 g/mol.